The van der Waals surface area contributed by atoms with E-state index < -0.39 is 46.0 Å². The molecule has 0 fully saturated rings. The number of carbonyl (C=O) groups excluding carboxylic acids is 1. The number of hydrogen-bond acceptors (Lipinski definition) is 10. The summed E-state index contributed by atoms with van der Waals surface area (Å²) in [5.74, 6) is 37.4. The summed E-state index contributed by atoms with van der Waals surface area (Å²) in [6, 6.07) is 0. The quantitative estimate of drug-likeness (QED) is 0.119. The van der Waals surface area contributed by atoms with Crippen LogP contribution in [0.25, 0.3) is 0 Å². The number of phosphoric acid groups is 1. The van der Waals surface area contributed by atoms with Crippen LogP contribution in [-0.2, 0) is 27.9 Å². The highest BCUT2D eigenvalue weighted by molar-refractivity contribution is 7.45. The van der Waals surface area contributed by atoms with Crippen molar-refractivity contribution in [3.8, 4) is 94.7 Å². The lowest BCUT2D eigenvalue weighted by molar-refractivity contribution is -0.233. The molecule has 11 heteroatoms. The minimum absolute atomic E-state index is 0. The minimum atomic E-state index is -4.68. The molecule has 224 valence electrons. The van der Waals surface area contributed by atoms with Crippen LogP contribution < -0.4 is 4.89 Å². The van der Waals surface area contributed by atoms with E-state index in [1.807, 2.05) is 0 Å². The van der Waals surface area contributed by atoms with Crippen molar-refractivity contribution in [1.82, 2.24) is 4.90 Å². The average Bonchev–Trinajstić information content (AvgIpc) is 2.87. The van der Waals surface area contributed by atoms with Gasteiger partial charge in [-0.1, -0.05) is 5.92 Å². The van der Waals surface area contributed by atoms with E-state index in [0.717, 1.165) is 0 Å². The predicted octanol–water partition coefficient (Wildman–Crippen LogP) is 1.78. The molecule has 3 atom stereocenters. The summed E-state index contributed by atoms with van der Waals surface area (Å²) in [6.45, 7) is -0.144. The summed E-state index contributed by atoms with van der Waals surface area (Å²) in [7, 11) is -1.23. The summed E-state index contributed by atoms with van der Waals surface area (Å²) < 4.78 is 30.9. The number of esters is 1. The zero-order chi connectivity index (χ0) is 28.5. The van der Waals surface area contributed by atoms with Crippen LogP contribution in [0.15, 0.2) is 0 Å². The Kier molecular flexibility index (Phi) is 19.7. The number of carbonyl (C=O) groups is 1. The molecule has 0 bridgehead atoms. The Hall–Kier alpha value is -4.10. The maximum atomic E-state index is 11.8. The topological polar surface area (TPSA) is 138 Å². The van der Waals surface area contributed by atoms with E-state index in [4.69, 9.17) is 14.6 Å². The molecule has 0 rings (SSSR count). The molecule has 2 N–H and O–H groups in total. The Balaban J connectivity index is -0.0000000752. The number of ether oxygens (including phenoxy) is 2. The fraction of sp³-hybridized carbons (Fsp3) is 0.370. The van der Waals surface area contributed by atoms with Gasteiger partial charge in [-0.3, -0.25) is 4.57 Å². The first-order chi connectivity index (χ1) is 18.2. The molecule has 10 nitrogen and oxygen atoms in total. The van der Waals surface area contributed by atoms with Crippen LogP contribution in [0.4, 0.5) is 0 Å². The summed E-state index contributed by atoms with van der Waals surface area (Å²) in [4.78, 5) is 25.2. The Morgan fingerprint density at radius 1 is 0.895 bits per heavy atom. The van der Waals surface area contributed by atoms with Crippen molar-refractivity contribution in [3.05, 3.63) is 0 Å². The number of nitrogens with zero attached hydrogens (tertiary/aromatic N) is 1. The number of aliphatic hydroxyl groups is 2. The molecule has 0 aromatic rings. The monoisotopic (exact) mass is 564 g/mol. The van der Waals surface area contributed by atoms with E-state index in [2.05, 4.69) is 104 Å². The van der Waals surface area contributed by atoms with Gasteiger partial charge in [0.2, 0.25) is 0 Å². The van der Waals surface area contributed by atoms with Gasteiger partial charge in [0.15, 0.2) is 6.29 Å². The van der Waals surface area contributed by atoms with E-state index in [1.165, 1.54) is 0 Å². The van der Waals surface area contributed by atoms with Gasteiger partial charge in [-0.25, -0.2) is 4.79 Å². The smallest absolute Gasteiger partial charge is 0.385 e. The lowest BCUT2D eigenvalue weighted by atomic mass is 10.4. The van der Waals surface area contributed by atoms with E-state index in [1.54, 1.807) is 25.9 Å². The van der Waals surface area contributed by atoms with Crippen LogP contribution in [-0.4, -0.2) is 80.5 Å². The molecule has 0 aliphatic carbocycles. The van der Waals surface area contributed by atoms with Crippen molar-refractivity contribution in [1.29, 1.82) is 0 Å². The molecule has 0 aromatic carbocycles. The maximum absolute atomic E-state index is 11.8. The van der Waals surface area contributed by atoms with Crippen LogP contribution >= 0.6 is 7.82 Å². The van der Waals surface area contributed by atoms with Gasteiger partial charge in [0.25, 0.3) is 7.82 Å². The van der Waals surface area contributed by atoms with Crippen molar-refractivity contribution < 1.29 is 63.0 Å². The molecule has 0 aliphatic rings. The molecule has 0 radical (unpaired) electrons. The van der Waals surface area contributed by atoms with E-state index in [9.17, 15) is 19.4 Å². The zero-order valence-corrected chi connectivity index (χ0v) is 21.7. The van der Waals surface area contributed by atoms with Crippen molar-refractivity contribution in [2.45, 2.75) is 19.3 Å². The van der Waals surface area contributed by atoms with Gasteiger partial charge < -0.3 is 38.5 Å². The molecule has 0 heterocycles. The SMILES string of the molecule is CC#CC#CC#CC#CC#CC#CC#CC#CC(=O)OCC(COP(=O)([O-])OCCN(C)C)OC(O)CO.[HH].[HH].[HH].[HH].[HH].[HH].[HH].[HH].[HH].[HH].[HH].[HH].[HH].[HH]. The lowest BCUT2D eigenvalue weighted by Crippen LogP contribution is -2.33. The van der Waals surface area contributed by atoms with Gasteiger partial charge in [-0.05, 0) is 104 Å². The zero-order valence-electron chi connectivity index (χ0n) is 20.8. The number of likely N-dealkylation sites (N-methyl/N-ethyl adjacent to an activating group) is 1. The third-order valence-corrected chi connectivity index (χ3v) is 4.18. The number of hydrogen-bond donors (Lipinski definition) is 2. The molecular formula is C27H51NO9P-. The number of aliphatic hydroxyl groups excluding tert-OH is 2. The van der Waals surface area contributed by atoms with Gasteiger partial charge >= 0.3 is 5.97 Å². The second-order valence-corrected chi connectivity index (χ2v) is 7.91. The average molecular weight is 565 g/mol. The highest BCUT2D eigenvalue weighted by Crippen LogP contribution is 2.38. The Morgan fingerprint density at radius 3 is 1.87 bits per heavy atom. The molecule has 0 amide bonds. The van der Waals surface area contributed by atoms with Gasteiger partial charge in [0.1, 0.15) is 12.7 Å². The van der Waals surface area contributed by atoms with Crippen LogP contribution in [0.2, 0.25) is 0 Å². The summed E-state index contributed by atoms with van der Waals surface area (Å²) in [5, 5.41) is 18.3. The molecule has 38 heavy (non-hydrogen) atoms. The molecule has 0 saturated heterocycles. The largest absolute Gasteiger partial charge is 0.756 e. The molecule has 0 aliphatic heterocycles. The number of rotatable bonds is 12. The second-order valence-electron chi connectivity index (χ2n) is 6.50. The summed E-state index contributed by atoms with van der Waals surface area (Å²) in [5.41, 5.74) is 0. The normalized spacial score (nSPS) is 11.6. The van der Waals surface area contributed by atoms with Gasteiger partial charge in [-0.2, -0.15) is 0 Å². The Labute approximate surface area is 243 Å². The van der Waals surface area contributed by atoms with E-state index in [-0.39, 0.29) is 26.6 Å². The molecule has 0 spiro atoms. The van der Waals surface area contributed by atoms with Crippen LogP contribution in [0.3, 0.4) is 0 Å². The van der Waals surface area contributed by atoms with Gasteiger partial charge in [0, 0.05) is 32.4 Å². The first kappa shape index (κ1) is 33.9. The highest BCUT2D eigenvalue weighted by atomic mass is 31.2. The van der Waals surface area contributed by atoms with Crippen LogP contribution in [0.5, 0.6) is 0 Å². The van der Waals surface area contributed by atoms with Gasteiger partial charge in [0.05, 0.1) is 19.8 Å². The predicted molar refractivity (Wildman–Crippen MR) is 164 cm³/mol. The van der Waals surface area contributed by atoms with E-state index >= 15 is 0 Å². The fourth-order valence-electron chi connectivity index (χ4n) is 1.66. The molecule has 0 saturated carbocycles. The van der Waals surface area contributed by atoms with Gasteiger partial charge in [-0.15, -0.1) is 0 Å². The molecule has 3 unspecified atom stereocenters. The lowest BCUT2D eigenvalue weighted by Gasteiger charge is -2.26. The fourth-order valence-corrected chi connectivity index (χ4v) is 2.39. The Morgan fingerprint density at radius 2 is 1.39 bits per heavy atom. The summed E-state index contributed by atoms with van der Waals surface area (Å²) in [6.07, 6.45) is -2.92. The van der Waals surface area contributed by atoms with Crippen LogP contribution in [0.1, 0.15) is 26.9 Å². The maximum Gasteiger partial charge on any atom is 0.385 e. The van der Waals surface area contributed by atoms with Crippen molar-refractivity contribution in [3.63, 3.8) is 0 Å². The Bertz CT molecular complexity index is 1390. The third kappa shape index (κ3) is 22.4. The minimum Gasteiger partial charge on any atom is -0.756 e. The second kappa shape index (κ2) is 22.1. The van der Waals surface area contributed by atoms with Crippen molar-refractivity contribution in [2.75, 3.05) is 47.1 Å². The highest BCUT2D eigenvalue weighted by Gasteiger charge is 2.20. The summed E-state index contributed by atoms with van der Waals surface area (Å²) >= 11 is 0. The third-order valence-electron chi connectivity index (χ3n) is 3.21. The van der Waals surface area contributed by atoms with Crippen molar-refractivity contribution in [2.24, 2.45) is 0 Å². The standard InChI is InChI=1S/C27H24NO9P.14H2/c1-4-5-6-7-8-9-10-11-12-13-14-15-16-17-18-19-26(30)34-23-25(37-27(31)22-29)24-36-38(32,33)35-21-20-28(2)3;;;;;;;;;;;;;;/h25,27,29,31H,20-24H2,1-3H3,(H,32,33);14*1H/p-1. The number of phosphoric ester groups is 1. The van der Waals surface area contributed by atoms with E-state index in [0.29, 0.717) is 6.54 Å². The first-order valence-corrected chi connectivity index (χ1v) is 11.9. The first-order valence-electron chi connectivity index (χ1n) is 10.5. The molecular weight excluding hydrogens is 513 g/mol. The molecule has 0 aromatic heterocycles. The van der Waals surface area contributed by atoms with Crippen molar-refractivity contribution >= 4 is 13.8 Å². The van der Waals surface area contributed by atoms with Crippen LogP contribution in [0, 0.1) is 94.7 Å².